The van der Waals surface area contributed by atoms with Gasteiger partial charge in [0.2, 0.25) is 0 Å². The first kappa shape index (κ1) is 29.5. The molecule has 0 aliphatic carbocycles. The zero-order valence-electron chi connectivity index (χ0n) is 28.7. The Kier molecular flexibility index (Phi) is 6.37. The molecule has 0 bridgehead atoms. The Morgan fingerprint density at radius 1 is 0.549 bits per heavy atom. The molecule has 1 N–H and O–H groups in total. The summed E-state index contributed by atoms with van der Waals surface area (Å²) in [6.07, 6.45) is 1.94. The molecule has 6 aromatic carbocycles. The number of imidazole rings is 1. The zero-order valence-corrected chi connectivity index (χ0v) is 28.7. The summed E-state index contributed by atoms with van der Waals surface area (Å²) in [5, 5.41) is 4.81. The van der Waals surface area contributed by atoms with Gasteiger partial charge in [-0.2, -0.15) is 0 Å². The van der Waals surface area contributed by atoms with Gasteiger partial charge in [0.25, 0.3) is 0 Å². The summed E-state index contributed by atoms with van der Waals surface area (Å²) in [4.78, 5) is 14.2. The van der Waals surface area contributed by atoms with Crippen molar-refractivity contribution in [2.45, 2.75) is 26.2 Å². The number of benzene rings is 6. The number of hydrogen-bond donors (Lipinski definition) is 1. The fourth-order valence-electron chi connectivity index (χ4n) is 7.80. The Hall–Kier alpha value is -6.46. The van der Waals surface area contributed by atoms with Crippen molar-refractivity contribution < 1.29 is 0 Å². The number of rotatable bonds is 4. The third-order valence-electron chi connectivity index (χ3n) is 10.3. The number of nitrogens with zero attached hydrogens (tertiary/aromatic N) is 4. The van der Waals surface area contributed by atoms with Crippen LogP contribution in [0.3, 0.4) is 0 Å². The van der Waals surface area contributed by atoms with Crippen LogP contribution < -0.4 is 0 Å². The number of hydrogen-bond acceptors (Lipinski definition) is 2. The highest BCUT2D eigenvalue weighted by Crippen LogP contribution is 2.40. The minimum absolute atomic E-state index is 0.00369. The van der Waals surface area contributed by atoms with E-state index in [9.17, 15) is 0 Å². The Balaban J connectivity index is 1.24. The molecule has 0 saturated heterocycles. The van der Waals surface area contributed by atoms with Crippen LogP contribution in [0.2, 0.25) is 0 Å². The molecule has 0 radical (unpaired) electrons. The van der Waals surface area contributed by atoms with E-state index in [2.05, 4.69) is 180 Å². The van der Waals surface area contributed by atoms with E-state index in [0.29, 0.717) is 0 Å². The molecule has 0 unspecified atom stereocenters. The highest BCUT2D eigenvalue weighted by molar-refractivity contribution is 6.13. The lowest BCUT2D eigenvalue weighted by Crippen LogP contribution is -2.12. The van der Waals surface area contributed by atoms with Crippen molar-refractivity contribution in [1.82, 2.24) is 24.1 Å². The third kappa shape index (κ3) is 4.55. The van der Waals surface area contributed by atoms with Crippen molar-refractivity contribution in [3.8, 4) is 34.0 Å². The number of para-hydroxylation sites is 5. The summed E-state index contributed by atoms with van der Waals surface area (Å²) >= 11 is 0. The molecule has 10 rings (SSSR count). The van der Waals surface area contributed by atoms with Gasteiger partial charge in [0.15, 0.2) is 0 Å². The van der Waals surface area contributed by atoms with E-state index in [1.165, 1.54) is 27.1 Å². The molecular weight excluding hydrogens is 623 g/mol. The standard InChI is InChI=1S/C46H35N5/c1-46(2,3)30-25-26-47-42(28-30)51-39-21-10-8-16-34(39)35-24-23-29(27-41(35)51)32-17-12-22-40-44(32)49-45(50(40)31-13-5-4-6-14-31)37-19-11-18-36-33-15-7-9-20-38(33)48-43(36)37/h4-28,48H,1-3H3. The Morgan fingerprint density at radius 3 is 2.12 bits per heavy atom. The lowest BCUT2D eigenvalue weighted by Gasteiger charge is -2.20. The van der Waals surface area contributed by atoms with E-state index in [4.69, 9.17) is 9.97 Å². The van der Waals surface area contributed by atoms with E-state index >= 15 is 0 Å². The highest BCUT2D eigenvalue weighted by atomic mass is 15.1. The lowest BCUT2D eigenvalue weighted by molar-refractivity contribution is 0.588. The van der Waals surface area contributed by atoms with Crippen molar-refractivity contribution in [3.63, 3.8) is 0 Å². The summed E-state index contributed by atoms with van der Waals surface area (Å²) in [5.41, 5.74) is 12.1. The van der Waals surface area contributed by atoms with Crippen molar-refractivity contribution >= 4 is 54.6 Å². The van der Waals surface area contributed by atoms with Gasteiger partial charge >= 0.3 is 0 Å². The molecule has 0 saturated carbocycles. The van der Waals surface area contributed by atoms with Crippen LogP contribution in [0.25, 0.3) is 88.7 Å². The molecule has 4 heterocycles. The Morgan fingerprint density at radius 2 is 1.25 bits per heavy atom. The third-order valence-corrected chi connectivity index (χ3v) is 10.3. The van der Waals surface area contributed by atoms with Gasteiger partial charge in [-0.25, -0.2) is 9.97 Å². The van der Waals surface area contributed by atoms with Crippen LogP contribution in [0.1, 0.15) is 26.3 Å². The molecule has 0 atom stereocenters. The van der Waals surface area contributed by atoms with Crippen LogP contribution in [-0.4, -0.2) is 24.1 Å². The Bertz CT molecular complexity index is 2950. The maximum atomic E-state index is 5.52. The molecule has 0 aliphatic heterocycles. The molecule has 51 heavy (non-hydrogen) atoms. The highest BCUT2D eigenvalue weighted by Gasteiger charge is 2.22. The first-order valence-electron chi connectivity index (χ1n) is 17.5. The molecule has 4 aromatic heterocycles. The number of H-pyrrole nitrogens is 1. The smallest absolute Gasteiger partial charge is 0.147 e. The van der Waals surface area contributed by atoms with Gasteiger partial charge in [0.1, 0.15) is 11.6 Å². The zero-order chi connectivity index (χ0) is 34.3. The van der Waals surface area contributed by atoms with Gasteiger partial charge in [0, 0.05) is 50.1 Å². The second-order valence-electron chi connectivity index (χ2n) is 14.4. The van der Waals surface area contributed by atoms with Crippen LogP contribution in [-0.2, 0) is 5.41 Å². The molecule has 244 valence electrons. The van der Waals surface area contributed by atoms with E-state index in [1.807, 2.05) is 6.20 Å². The van der Waals surface area contributed by atoms with Gasteiger partial charge in [-0.05, 0) is 71.1 Å². The van der Waals surface area contributed by atoms with Gasteiger partial charge in [-0.3, -0.25) is 9.13 Å². The molecule has 0 fully saturated rings. The summed E-state index contributed by atoms with van der Waals surface area (Å²) in [6.45, 7) is 6.74. The average Bonchev–Trinajstić information content (AvgIpc) is 3.84. The number of nitrogens with one attached hydrogen (secondary N) is 1. The van der Waals surface area contributed by atoms with Crippen molar-refractivity contribution in [3.05, 3.63) is 157 Å². The predicted octanol–water partition coefficient (Wildman–Crippen LogP) is 11.8. The molecule has 0 amide bonds. The van der Waals surface area contributed by atoms with Crippen LogP contribution in [0, 0.1) is 0 Å². The van der Waals surface area contributed by atoms with E-state index in [0.717, 1.165) is 67.1 Å². The van der Waals surface area contributed by atoms with E-state index in [-0.39, 0.29) is 5.41 Å². The normalized spacial score (nSPS) is 12.2. The molecule has 0 aliphatic rings. The van der Waals surface area contributed by atoms with Gasteiger partial charge in [0.05, 0.1) is 27.6 Å². The minimum Gasteiger partial charge on any atom is -0.354 e. The summed E-state index contributed by atoms with van der Waals surface area (Å²) < 4.78 is 4.62. The Labute approximate surface area is 295 Å². The van der Waals surface area contributed by atoms with Gasteiger partial charge in [-0.1, -0.05) is 112 Å². The largest absolute Gasteiger partial charge is 0.354 e. The second kappa shape index (κ2) is 11.0. The molecule has 5 heteroatoms. The van der Waals surface area contributed by atoms with Crippen LogP contribution in [0.5, 0.6) is 0 Å². The average molecular weight is 658 g/mol. The van der Waals surface area contributed by atoms with Gasteiger partial charge < -0.3 is 4.98 Å². The summed E-state index contributed by atoms with van der Waals surface area (Å²) in [7, 11) is 0. The predicted molar refractivity (Wildman–Crippen MR) is 212 cm³/mol. The van der Waals surface area contributed by atoms with Crippen molar-refractivity contribution in [2.24, 2.45) is 0 Å². The molecule has 5 nitrogen and oxygen atoms in total. The maximum Gasteiger partial charge on any atom is 0.147 e. The first-order valence-corrected chi connectivity index (χ1v) is 17.5. The number of aromatic amines is 1. The molecular formula is C46H35N5. The fourth-order valence-corrected chi connectivity index (χ4v) is 7.80. The lowest BCUT2D eigenvalue weighted by atomic mass is 9.88. The van der Waals surface area contributed by atoms with Crippen LogP contribution in [0.15, 0.2) is 152 Å². The minimum atomic E-state index is 0.00369. The molecule has 0 spiro atoms. The fraction of sp³-hybridized carbons (Fsp3) is 0.0870. The maximum absolute atomic E-state index is 5.52. The van der Waals surface area contributed by atoms with Crippen molar-refractivity contribution in [1.29, 1.82) is 0 Å². The topological polar surface area (TPSA) is 51.4 Å². The number of aromatic nitrogens is 5. The number of fused-ring (bicyclic) bond motifs is 7. The summed E-state index contributed by atoms with van der Waals surface area (Å²) in [5.74, 6) is 1.82. The van der Waals surface area contributed by atoms with E-state index < -0.39 is 0 Å². The quantitative estimate of drug-likeness (QED) is 0.205. The van der Waals surface area contributed by atoms with Crippen LogP contribution in [0.4, 0.5) is 0 Å². The second-order valence-corrected chi connectivity index (χ2v) is 14.4. The first-order chi connectivity index (χ1) is 24.9. The SMILES string of the molecule is CC(C)(C)c1ccnc(-n2c3ccccc3c3ccc(-c4cccc5c4nc(-c4cccc6c4[nH]c4ccccc46)n5-c4ccccc4)cc32)c1. The van der Waals surface area contributed by atoms with Crippen LogP contribution >= 0.6 is 0 Å². The molecule has 10 aromatic rings. The summed E-state index contributed by atoms with van der Waals surface area (Å²) in [6, 6.07) is 51.9. The van der Waals surface area contributed by atoms with E-state index in [1.54, 1.807) is 0 Å². The monoisotopic (exact) mass is 657 g/mol. The van der Waals surface area contributed by atoms with Crippen molar-refractivity contribution in [2.75, 3.05) is 0 Å². The van der Waals surface area contributed by atoms with Gasteiger partial charge in [-0.15, -0.1) is 0 Å². The number of pyridine rings is 1.